The van der Waals surface area contributed by atoms with E-state index in [9.17, 15) is 13.2 Å². The number of sulfone groups is 1. The first kappa shape index (κ1) is 21.9. The summed E-state index contributed by atoms with van der Waals surface area (Å²) in [5.74, 6) is -0.348. The predicted molar refractivity (Wildman–Crippen MR) is 124 cm³/mol. The quantitative estimate of drug-likeness (QED) is 0.403. The Morgan fingerprint density at radius 3 is 2.52 bits per heavy atom. The van der Waals surface area contributed by atoms with E-state index < -0.39 is 9.84 Å². The third kappa shape index (κ3) is 5.23. The molecular formula is C21H21IN2O3S2. The first-order chi connectivity index (χ1) is 13.8. The number of anilines is 1. The Labute approximate surface area is 188 Å². The molecule has 3 rings (SSSR count). The number of unbranched alkanes of at least 4 members (excludes halogenated alkanes) is 1. The maximum atomic E-state index is 13.0. The lowest BCUT2D eigenvalue weighted by atomic mass is 10.1. The molecule has 0 saturated carbocycles. The first-order valence-corrected chi connectivity index (χ1v) is 12.6. The number of halogens is 1. The fourth-order valence-electron chi connectivity index (χ4n) is 2.76. The molecule has 29 heavy (non-hydrogen) atoms. The van der Waals surface area contributed by atoms with Crippen LogP contribution in [-0.4, -0.2) is 19.3 Å². The Morgan fingerprint density at radius 1 is 1.17 bits per heavy atom. The Balaban J connectivity index is 1.83. The zero-order valence-electron chi connectivity index (χ0n) is 16.1. The number of aryl methyl sites for hydroxylation is 2. The van der Waals surface area contributed by atoms with Gasteiger partial charge in [0.15, 0.2) is 0 Å². The molecular weight excluding hydrogens is 519 g/mol. The van der Waals surface area contributed by atoms with E-state index in [0.717, 1.165) is 30.6 Å². The molecule has 1 heterocycles. The van der Waals surface area contributed by atoms with Gasteiger partial charge in [-0.1, -0.05) is 25.5 Å². The number of nitrogens with zero attached hydrogens (tertiary/aromatic N) is 1. The van der Waals surface area contributed by atoms with Gasteiger partial charge in [0.25, 0.3) is 5.91 Å². The lowest BCUT2D eigenvalue weighted by molar-refractivity contribution is 0.102. The van der Waals surface area contributed by atoms with Gasteiger partial charge in [-0.05, 0) is 78.3 Å². The summed E-state index contributed by atoms with van der Waals surface area (Å²) in [5, 5.41) is 3.51. The van der Waals surface area contributed by atoms with Crippen LogP contribution in [0, 0.1) is 10.5 Å². The van der Waals surface area contributed by atoms with Gasteiger partial charge in [-0.25, -0.2) is 13.4 Å². The minimum absolute atomic E-state index is 0.115. The molecule has 0 aliphatic carbocycles. The first-order valence-electron chi connectivity index (χ1n) is 9.18. The maximum Gasteiger partial charge on any atom is 0.255 e. The lowest BCUT2D eigenvalue weighted by Gasteiger charge is -2.09. The van der Waals surface area contributed by atoms with Crippen LogP contribution in [0.25, 0.3) is 0 Å². The van der Waals surface area contributed by atoms with Gasteiger partial charge in [0, 0.05) is 14.8 Å². The fourth-order valence-corrected chi connectivity index (χ4v) is 6.56. The SMILES string of the molecule is CCCCc1ccc(NC(=O)c2ccc(I)c(S(=O)(=O)c3cnc(C)s3)c2)cc1. The number of hydrogen-bond acceptors (Lipinski definition) is 5. The number of nitrogens with one attached hydrogen (secondary N) is 1. The van der Waals surface area contributed by atoms with E-state index in [-0.39, 0.29) is 15.0 Å². The molecule has 5 nitrogen and oxygen atoms in total. The number of benzene rings is 2. The predicted octanol–water partition coefficient (Wildman–Crippen LogP) is 5.48. The van der Waals surface area contributed by atoms with Gasteiger partial charge in [0.1, 0.15) is 4.21 Å². The molecule has 0 bridgehead atoms. The summed E-state index contributed by atoms with van der Waals surface area (Å²) in [5.41, 5.74) is 2.20. The number of rotatable bonds is 7. The molecule has 0 aliphatic heterocycles. The fraction of sp³-hybridized carbons (Fsp3) is 0.238. The van der Waals surface area contributed by atoms with Crippen molar-refractivity contribution in [1.82, 2.24) is 4.98 Å². The molecule has 152 valence electrons. The summed E-state index contributed by atoms with van der Waals surface area (Å²) in [7, 11) is -3.72. The smallest absolute Gasteiger partial charge is 0.255 e. The Bertz CT molecular complexity index is 1120. The molecule has 0 unspecified atom stereocenters. The van der Waals surface area contributed by atoms with E-state index in [4.69, 9.17) is 0 Å². The standard InChI is InChI=1S/C21H21IN2O3S2/c1-3-4-5-15-6-9-17(10-7-15)24-21(25)16-8-11-18(22)19(12-16)29(26,27)20-13-23-14(2)28-20/h6-13H,3-5H2,1-2H3,(H,24,25). The van der Waals surface area contributed by atoms with Crippen LogP contribution in [0.5, 0.6) is 0 Å². The highest BCUT2D eigenvalue weighted by Gasteiger charge is 2.24. The highest BCUT2D eigenvalue weighted by atomic mass is 127. The van der Waals surface area contributed by atoms with E-state index in [1.165, 1.54) is 17.8 Å². The summed E-state index contributed by atoms with van der Waals surface area (Å²) < 4.78 is 26.7. The van der Waals surface area contributed by atoms with E-state index in [2.05, 4.69) is 17.2 Å². The average molecular weight is 540 g/mol. The molecule has 1 N–H and O–H groups in total. The molecule has 0 saturated heterocycles. The van der Waals surface area contributed by atoms with Crippen molar-refractivity contribution in [2.45, 2.75) is 42.2 Å². The molecule has 0 atom stereocenters. The minimum Gasteiger partial charge on any atom is -0.322 e. The van der Waals surface area contributed by atoms with Crippen molar-refractivity contribution in [3.8, 4) is 0 Å². The van der Waals surface area contributed by atoms with Crippen molar-refractivity contribution >= 4 is 55.4 Å². The largest absolute Gasteiger partial charge is 0.322 e. The molecule has 2 aromatic carbocycles. The highest BCUT2D eigenvalue weighted by molar-refractivity contribution is 14.1. The van der Waals surface area contributed by atoms with Gasteiger partial charge in [-0.15, -0.1) is 11.3 Å². The van der Waals surface area contributed by atoms with Gasteiger partial charge in [0.2, 0.25) is 9.84 Å². The van der Waals surface area contributed by atoms with E-state index in [1.54, 1.807) is 19.1 Å². The lowest BCUT2D eigenvalue weighted by Crippen LogP contribution is -2.13. The number of hydrogen-bond donors (Lipinski definition) is 1. The van der Waals surface area contributed by atoms with Crippen molar-refractivity contribution in [3.63, 3.8) is 0 Å². The van der Waals surface area contributed by atoms with Gasteiger partial charge in [-0.2, -0.15) is 0 Å². The van der Waals surface area contributed by atoms with Crippen LogP contribution in [0.3, 0.4) is 0 Å². The molecule has 1 aromatic heterocycles. The van der Waals surface area contributed by atoms with Crippen molar-refractivity contribution in [2.75, 3.05) is 5.32 Å². The van der Waals surface area contributed by atoms with Crippen molar-refractivity contribution in [2.24, 2.45) is 0 Å². The zero-order valence-corrected chi connectivity index (χ0v) is 19.9. The van der Waals surface area contributed by atoms with E-state index >= 15 is 0 Å². The van der Waals surface area contributed by atoms with Crippen LogP contribution in [0.15, 0.2) is 57.8 Å². The van der Waals surface area contributed by atoms with Crippen LogP contribution in [0.4, 0.5) is 5.69 Å². The molecule has 8 heteroatoms. The highest BCUT2D eigenvalue weighted by Crippen LogP contribution is 2.30. The second-order valence-electron chi connectivity index (χ2n) is 6.60. The van der Waals surface area contributed by atoms with Gasteiger partial charge >= 0.3 is 0 Å². The zero-order chi connectivity index (χ0) is 21.0. The van der Waals surface area contributed by atoms with Gasteiger partial charge in [0.05, 0.1) is 16.1 Å². The number of carbonyl (C=O) groups excluding carboxylic acids is 1. The molecule has 0 aliphatic rings. The maximum absolute atomic E-state index is 13.0. The van der Waals surface area contributed by atoms with Crippen LogP contribution >= 0.6 is 33.9 Å². The monoisotopic (exact) mass is 540 g/mol. The summed E-state index contributed by atoms with van der Waals surface area (Å²) in [4.78, 5) is 16.8. The number of carbonyl (C=O) groups is 1. The van der Waals surface area contributed by atoms with E-state index in [0.29, 0.717) is 19.8 Å². The molecule has 0 radical (unpaired) electrons. The molecule has 3 aromatic rings. The second kappa shape index (κ2) is 9.36. The Hall–Kier alpha value is -1.78. The third-order valence-electron chi connectivity index (χ3n) is 4.38. The van der Waals surface area contributed by atoms with Crippen LogP contribution < -0.4 is 5.32 Å². The summed E-state index contributed by atoms with van der Waals surface area (Å²) in [6.07, 6.45) is 4.64. The van der Waals surface area contributed by atoms with E-state index in [1.807, 2.05) is 46.9 Å². The number of amides is 1. The third-order valence-corrected chi connectivity index (χ3v) is 8.85. The average Bonchev–Trinajstić information content (AvgIpc) is 3.15. The molecule has 0 fully saturated rings. The normalized spacial score (nSPS) is 11.4. The number of aromatic nitrogens is 1. The summed E-state index contributed by atoms with van der Waals surface area (Å²) in [6, 6.07) is 12.4. The van der Waals surface area contributed by atoms with Crippen molar-refractivity contribution in [1.29, 1.82) is 0 Å². The summed E-state index contributed by atoms with van der Waals surface area (Å²) >= 11 is 3.09. The molecule has 0 spiro atoms. The minimum atomic E-state index is -3.72. The van der Waals surface area contributed by atoms with Crippen molar-refractivity contribution in [3.05, 3.63) is 68.4 Å². The number of thiazole rings is 1. The Kier molecular flexibility index (Phi) is 7.07. The van der Waals surface area contributed by atoms with Crippen LogP contribution in [0.1, 0.15) is 40.7 Å². The van der Waals surface area contributed by atoms with Crippen LogP contribution in [0.2, 0.25) is 0 Å². The van der Waals surface area contributed by atoms with Gasteiger partial charge in [-0.3, -0.25) is 4.79 Å². The summed E-state index contributed by atoms with van der Waals surface area (Å²) in [6.45, 7) is 3.91. The molecule has 1 amide bonds. The topological polar surface area (TPSA) is 76.1 Å². The second-order valence-corrected chi connectivity index (χ2v) is 11.1. The van der Waals surface area contributed by atoms with Crippen molar-refractivity contribution < 1.29 is 13.2 Å². The van der Waals surface area contributed by atoms with Gasteiger partial charge < -0.3 is 5.32 Å². The van der Waals surface area contributed by atoms with Crippen LogP contribution in [-0.2, 0) is 16.3 Å². The Morgan fingerprint density at radius 2 is 1.90 bits per heavy atom.